The fraction of sp³-hybridized carbons (Fsp3) is 0.619. The molecule has 5 rings (SSSR count). The fourth-order valence-electron chi connectivity index (χ4n) is 5.93. The lowest BCUT2D eigenvalue weighted by atomic mass is 9.49. The molecule has 4 bridgehead atoms. The van der Waals surface area contributed by atoms with E-state index in [9.17, 15) is 9.59 Å². The van der Waals surface area contributed by atoms with E-state index in [4.69, 9.17) is 0 Å². The van der Waals surface area contributed by atoms with Gasteiger partial charge in [0.25, 0.3) is 0 Å². The van der Waals surface area contributed by atoms with Gasteiger partial charge in [-0.3, -0.25) is 9.59 Å². The lowest BCUT2D eigenvalue weighted by molar-refractivity contribution is -0.140. The Morgan fingerprint density at radius 1 is 1.08 bits per heavy atom. The standard InChI is InChI=1S/C21H28N2O2/c1-13(22-14(2)24)18-4-3-5-19(9-18)23-20(25)21-10-15-6-16(11-21)8-17(7-15)12-21/h3-5,9,13,15-17H,6-8,10-12H2,1-2H3,(H,22,24)(H,23,25)/t13-,15?,16?,17?,21?/m1/s1. The molecule has 4 heteroatoms. The molecule has 1 aromatic rings. The summed E-state index contributed by atoms with van der Waals surface area (Å²) < 4.78 is 0. The molecule has 2 amide bonds. The maximum Gasteiger partial charge on any atom is 0.230 e. The second kappa shape index (κ2) is 6.15. The molecule has 25 heavy (non-hydrogen) atoms. The summed E-state index contributed by atoms with van der Waals surface area (Å²) in [7, 11) is 0. The van der Waals surface area contributed by atoms with Gasteiger partial charge in [-0.05, 0) is 80.9 Å². The SMILES string of the molecule is CC(=O)N[C@H](C)c1cccc(NC(=O)C23CC4CC(CC(C4)C2)C3)c1. The third-order valence-electron chi connectivity index (χ3n) is 6.58. The third-order valence-corrected chi connectivity index (χ3v) is 6.58. The van der Waals surface area contributed by atoms with Crippen molar-refractivity contribution in [1.82, 2.24) is 5.32 Å². The van der Waals surface area contributed by atoms with E-state index in [0.29, 0.717) is 0 Å². The lowest BCUT2D eigenvalue weighted by Gasteiger charge is -2.55. The first-order valence-electron chi connectivity index (χ1n) is 9.62. The summed E-state index contributed by atoms with van der Waals surface area (Å²) in [4.78, 5) is 24.4. The summed E-state index contributed by atoms with van der Waals surface area (Å²) in [5, 5.41) is 6.09. The van der Waals surface area contributed by atoms with Gasteiger partial charge in [0.2, 0.25) is 11.8 Å². The topological polar surface area (TPSA) is 58.2 Å². The van der Waals surface area contributed by atoms with Crippen molar-refractivity contribution in [3.8, 4) is 0 Å². The maximum absolute atomic E-state index is 13.1. The first kappa shape index (κ1) is 16.6. The number of hydrogen-bond donors (Lipinski definition) is 2. The second-order valence-corrected chi connectivity index (χ2v) is 8.70. The number of carbonyl (C=O) groups is 2. The molecule has 4 aliphatic rings. The van der Waals surface area contributed by atoms with Crippen LogP contribution in [0.3, 0.4) is 0 Å². The van der Waals surface area contributed by atoms with Crippen LogP contribution in [0.4, 0.5) is 5.69 Å². The molecule has 0 unspecified atom stereocenters. The Hall–Kier alpha value is -1.84. The minimum atomic E-state index is -0.131. The largest absolute Gasteiger partial charge is 0.350 e. The molecule has 0 aromatic heterocycles. The summed E-state index contributed by atoms with van der Waals surface area (Å²) >= 11 is 0. The number of rotatable bonds is 4. The Morgan fingerprint density at radius 3 is 2.24 bits per heavy atom. The van der Waals surface area contributed by atoms with Crippen molar-refractivity contribution in [2.24, 2.45) is 23.2 Å². The molecule has 1 atom stereocenters. The van der Waals surface area contributed by atoms with Gasteiger partial charge in [-0.15, -0.1) is 0 Å². The molecule has 134 valence electrons. The van der Waals surface area contributed by atoms with Gasteiger partial charge in [0, 0.05) is 12.6 Å². The van der Waals surface area contributed by atoms with Crippen molar-refractivity contribution in [1.29, 1.82) is 0 Å². The van der Waals surface area contributed by atoms with Gasteiger partial charge in [0.15, 0.2) is 0 Å². The number of amides is 2. The van der Waals surface area contributed by atoms with Crippen molar-refractivity contribution in [3.63, 3.8) is 0 Å². The molecular weight excluding hydrogens is 312 g/mol. The van der Waals surface area contributed by atoms with Gasteiger partial charge < -0.3 is 10.6 Å². The van der Waals surface area contributed by atoms with Gasteiger partial charge in [-0.2, -0.15) is 0 Å². The van der Waals surface area contributed by atoms with Gasteiger partial charge in [0.05, 0.1) is 11.5 Å². The van der Waals surface area contributed by atoms with E-state index >= 15 is 0 Å². The van der Waals surface area contributed by atoms with Gasteiger partial charge in [-0.25, -0.2) is 0 Å². The predicted octanol–water partition coefficient (Wildman–Crippen LogP) is 4.04. The van der Waals surface area contributed by atoms with E-state index in [0.717, 1.165) is 48.3 Å². The first-order chi connectivity index (χ1) is 11.9. The van der Waals surface area contributed by atoms with E-state index in [1.54, 1.807) is 0 Å². The molecule has 2 N–H and O–H groups in total. The van der Waals surface area contributed by atoms with Crippen LogP contribution in [0.5, 0.6) is 0 Å². The number of nitrogens with one attached hydrogen (secondary N) is 2. The molecule has 0 saturated heterocycles. The Labute approximate surface area is 149 Å². The van der Waals surface area contributed by atoms with Gasteiger partial charge in [0.1, 0.15) is 0 Å². The van der Waals surface area contributed by atoms with Crippen molar-refractivity contribution in [3.05, 3.63) is 29.8 Å². The summed E-state index contributed by atoms with van der Waals surface area (Å²) in [5.41, 5.74) is 1.72. The number of anilines is 1. The highest BCUT2D eigenvalue weighted by Crippen LogP contribution is 2.60. The zero-order chi connectivity index (χ0) is 17.6. The molecule has 4 aliphatic carbocycles. The minimum Gasteiger partial charge on any atom is -0.350 e. The van der Waals surface area contributed by atoms with Crippen LogP contribution in [0.15, 0.2) is 24.3 Å². The lowest BCUT2D eigenvalue weighted by Crippen LogP contribution is -2.51. The van der Waals surface area contributed by atoms with Crippen molar-refractivity contribution >= 4 is 17.5 Å². The van der Waals surface area contributed by atoms with Crippen LogP contribution in [0.2, 0.25) is 0 Å². The van der Waals surface area contributed by atoms with E-state index in [1.807, 2.05) is 31.2 Å². The number of carbonyl (C=O) groups excluding carboxylic acids is 2. The molecule has 0 spiro atoms. The normalized spacial score (nSPS) is 33.8. The maximum atomic E-state index is 13.1. The van der Waals surface area contributed by atoms with Crippen LogP contribution in [0.25, 0.3) is 0 Å². The van der Waals surface area contributed by atoms with Gasteiger partial charge >= 0.3 is 0 Å². The number of benzene rings is 1. The highest BCUT2D eigenvalue weighted by atomic mass is 16.2. The summed E-state index contributed by atoms with van der Waals surface area (Å²) in [6, 6.07) is 7.81. The molecule has 0 heterocycles. The van der Waals surface area contributed by atoms with E-state index in [2.05, 4.69) is 10.6 Å². The van der Waals surface area contributed by atoms with Gasteiger partial charge in [-0.1, -0.05) is 12.1 Å². The summed E-state index contributed by atoms with van der Waals surface area (Å²) in [6.07, 6.45) is 7.26. The van der Waals surface area contributed by atoms with Crippen LogP contribution in [-0.2, 0) is 9.59 Å². The Morgan fingerprint density at radius 2 is 1.68 bits per heavy atom. The molecule has 0 radical (unpaired) electrons. The molecular formula is C21H28N2O2. The fourth-order valence-corrected chi connectivity index (χ4v) is 5.93. The molecule has 4 nitrogen and oxygen atoms in total. The van der Waals surface area contributed by atoms with Crippen LogP contribution in [0.1, 0.15) is 64.0 Å². The van der Waals surface area contributed by atoms with E-state index in [1.165, 1.54) is 26.2 Å². The Kier molecular flexibility index (Phi) is 4.09. The average Bonchev–Trinajstić information content (AvgIpc) is 2.53. The summed E-state index contributed by atoms with van der Waals surface area (Å²) in [6.45, 7) is 3.48. The predicted molar refractivity (Wildman–Crippen MR) is 97.9 cm³/mol. The monoisotopic (exact) mass is 340 g/mol. The van der Waals surface area contributed by atoms with Crippen LogP contribution in [0, 0.1) is 23.2 Å². The molecule has 0 aliphatic heterocycles. The van der Waals surface area contributed by atoms with E-state index < -0.39 is 0 Å². The molecule has 1 aromatic carbocycles. The van der Waals surface area contributed by atoms with Crippen molar-refractivity contribution < 1.29 is 9.59 Å². The Bertz CT molecular complexity index is 662. The smallest absolute Gasteiger partial charge is 0.230 e. The van der Waals surface area contributed by atoms with Crippen LogP contribution in [-0.4, -0.2) is 11.8 Å². The second-order valence-electron chi connectivity index (χ2n) is 8.70. The zero-order valence-corrected chi connectivity index (χ0v) is 15.2. The first-order valence-corrected chi connectivity index (χ1v) is 9.62. The number of hydrogen-bond acceptors (Lipinski definition) is 2. The van der Waals surface area contributed by atoms with Crippen LogP contribution >= 0.6 is 0 Å². The average molecular weight is 340 g/mol. The van der Waals surface area contributed by atoms with Crippen LogP contribution < -0.4 is 10.6 Å². The summed E-state index contributed by atoms with van der Waals surface area (Å²) in [5.74, 6) is 2.47. The van der Waals surface area contributed by atoms with Crippen molar-refractivity contribution in [2.45, 2.75) is 58.4 Å². The van der Waals surface area contributed by atoms with Crippen molar-refractivity contribution in [2.75, 3.05) is 5.32 Å². The van der Waals surface area contributed by atoms with E-state index in [-0.39, 0.29) is 23.3 Å². The highest BCUT2D eigenvalue weighted by Gasteiger charge is 2.54. The quantitative estimate of drug-likeness (QED) is 0.869. The molecule has 4 fully saturated rings. The molecule has 4 saturated carbocycles. The zero-order valence-electron chi connectivity index (χ0n) is 15.2. The highest BCUT2D eigenvalue weighted by molar-refractivity contribution is 5.95. The third kappa shape index (κ3) is 3.19. The minimum absolute atomic E-state index is 0.0458. The Balaban J connectivity index is 1.49.